The molecule has 0 spiro atoms. The van der Waals surface area contributed by atoms with Crippen LogP contribution in [0.4, 0.5) is 4.79 Å². The van der Waals surface area contributed by atoms with Crippen molar-refractivity contribution in [2.75, 3.05) is 18.1 Å². The Morgan fingerprint density at radius 3 is 2.32 bits per heavy atom. The van der Waals surface area contributed by atoms with Crippen LogP contribution < -0.4 is 10.6 Å². The fraction of sp³-hybridized carbons (Fsp3) is 0.333. The number of thioether (sulfide) groups is 2. The number of nitrogens with zero attached hydrogens (tertiary/aromatic N) is 1. The summed E-state index contributed by atoms with van der Waals surface area (Å²) in [5, 5.41) is 6.62. The monoisotopic (exact) mass is 595 g/mol. The first kappa shape index (κ1) is 30.3. The van der Waals surface area contributed by atoms with E-state index in [4.69, 9.17) is 9.47 Å². The predicted octanol–water partition coefficient (Wildman–Crippen LogP) is 4.37. The molecule has 2 aromatic rings. The summed E-state index contributed by atoms with van der Waals surface area (Å²) in [6.45, 7) is 5.74. The van der Waals surface area contributed by atoms with E-state index in [0.29, 0.717) is 30.0 Å². The van der Waals surface area contributed by atoms with Crippen LogP contribution in [0.3, 0.4) is 0 Å². The van der Waals surface area contributed by atoms with Gasteiger partial charge in [-0.3, -0.25) is 14.5 Å². The maximum Gasteiger partial charge on any atom is 0.408 e. The lowest BCUT2D eigenvalue weighted by atomic mass is 10.0. The number of esters is 1. The van der Waals surface area contributed by atoms with Crippen LogP contribution in [0.5, 0.6) is 0 Å². The van der Waals surface area contributed by atoms with Crippen LogP contribution in [0.1, 0.15) is 38.0 Å². The van der Waals surface area contributed by atoms with E-state index in [-0.39, 0.29) is 5.70 Å². The van der Waals surface area contributed by atoms with E-state index < -0.39 is 41.1 Å². The average Bonchev–Trinajstić information content (AvgIpc) is 2.96. The van der Waals surface area contributed by atoms with Gasteiger partial charge in [0.15, 0.2) is 6.10 Å². The Morgan fingerprint density at radius 2 is 1.73 bits per heavy atom. The van der Waals surface area contributed by atoms with Gasteiger partial charge in [-0.1, -0.05) is 60.7 Å². The summed E-state index contributed by atoms with van der Waals surface area (Å²) in [6.07, 6.45) is 1.06. The second-order valence-electron chi connectivity index (χ2n) is 10.3. The summed E-state index contributed by atoms with van der Waals surface area (Å²) < 4.78 is 11.5. The van der Waals surface area contributed by atoms with E-state index in [1.807, 2.05) is 66.1 Å². The molecule has 9 nitrogen and oxygen atoms in total. The molecule has 0 bridgehead atoms. The van der Waals surface area contributed by atoms with Crippen LogP contribution in [0, 0.1) is 0 Å². The molecule has 2 aromatic carbocycles. The van der Waals surface area contributed by atoms with Gasteiger partial charge in [0, 0.05) is 18.1 Å². The molecule has 41 heavy (non-hydrogen) atoms. The minimum absolute atomic E-state index is 0.153. The van der Waals surface area contributed by atoms with Crippen LogP contribution in [0.25, 0.3) is 0 Å². The first-order chi connectivity index (χ1) is 19.7. The largest absolute Gasteiger partial charge is 0.448 e. The Kier molecular flexibility index (Phi) is 10.2. The Balaban J connectivity index is 1.61. The highest BCUT2D eigenvalue weighted by atomic mass is 32.2. The quantitative estimate of drug-likeness (QED) is 0.170. The number of hydrogen-bond acceptors (Lipinski definition) is 8. The maximum atomic E-state index is 13.9. The number of benzene rings is 2. The van der Waals surface area contributed by atoms with Gasteiger partial charge in [0.05, 0.1) is 0 Å². The first-order valence-corrected chi connectivity index (χ1v) is 15.2. The van der Waals surface area contributed by atoms with Crippen molar-refractivity contribution < 1.29 is 28.7 Å². The molecule has 2 aliphatic heterocycles. The number of hydrogen-bond donors (Lipinski definition) is 2. The molecule has 0 aromatic heterocycles. The van der Waals surface area contributed by atoms with Crippen molar-refractivity contribution in [3.8, 4) is 0 Å². The van der Waals surface area contributed by atoms with Gasteiger partial charge in [-0.15, -0.1) is 23.5 Å². The van der Waals surface area contributed by atoms with E-state index >= 15 is 0 Å². The highest BCUT2D eigenvalue weighted by Crippen LogP contribution is 2.42. The third-order valence-electron chi connectivity index (χ3n) is 6.11. The summed E-state index contributed by atoms with van der Waals surface area (Å²) in [4.78, 5) is 51.6. The van der Waals surface area contributed by atoms with Gasteiger partial charge in [-0.2, -0.15) is 0 Å². The number of allylic oxidation sites excluding steroid dienone is 1. The first-order valence-electron chi connectivity index (χ1n) is 13.1. The molecule has 0 radical (unpaired) electrons. The van der Waals surface area contributed by atoms with E-state index in [9.17, 15) is 19.2 Å². The van der Waals surface area contributed by atoms with Crippen molar-refractivity contribution in [2.24, 2.45) is 0 Å². The molecule has 0 aliphatic carbocycles. The molecular formula is C30H33N3O6S2. The minimum atomic E-state index is -0.828. The smallest absolute Gasteiger partial charge is 0.408 e. The van der Waals surface area contributed by atoms with E-state index in [1.165, 1.54) is 28.4 Å². The molecule has 0 saturated carbocycles. The SMILES string of the molecule is CC(C)(C)OC(=O)N[C@@H]1C(=O)N2C(C(=O)OC(c3ccccc3)c3ccccc3)=C(C=CSCCNC=O)CS[C@H]12. The van der Waals surface area contributed by atoms with Crippen molar-refractivity contribution >= 4 is 47.9 Å². The molecule has 1 saturated heterocycles. The summed E-state index contributed by atoms with van der Waals surface area (Å²) in [5.41, 5.74) is 1.66. The van der Waals surface area contributed by atoms with Crippen LogP contribution in [-0.4, -0.2) is 64.3 Å². The van der Waals surface area contributed by atoms with Crippen molar-refractivity contribution in [3.05, 3.63) is 94.5 Å². The van der Waals surface area contributed by atoms with E-state index in [1.54, 1.807) is 26.8 Å². The predicted molar refractivity (Wildman–Crippen MR) is 160 cm³/mol. The second kappa shape index (κ2) is 13.8. The van der Waals surface area contributed by atoms with Crippen molar-refractivity contribution in [3.63, 3.8) is 0 Å². The number of β-lactam (4-membered cyclic amide) rings is 1. The fourth-order valence-corrected chi connectivity index (χ4v) is 6.27. The molecule has 2 N–H and O–H groups in total. The Hall–Kier alpha value is -3.70. The maximum absolute atomic E-state index is 13.9. The van der Waals surface area contributed by atoms with Gasteiger partial charge in [0.25, 0.3) is 5.91 Å². The molecule has 3 amide bonds. The molecule has 0 unspecified atom stereocenters. The lowest BCUT2D eigenvalue weighted by Gasteiger charge is -2.49. The lowest BCUT2D eigenvalue weighted by Crippen LogP contribution is -2.70. The van der Waals surface area contributed by atoms with Gasteiger partial charge in [-0.25, -0.2) is 9.59 Å². The molecule has 2 atom stereocenters. The van der Waals surface area contributed by atoms with Crippen LogP contribution >= 0.6 is 23.5 Å². The Morgan fingerprint density at radius 1 is 1.10 bits per heavy atom. The normalized spacial score (nSPS) is 18.5. The highest BCUT2D eigenvalue weighted by molar-refractivity contribution is 8.02. The minimum Gasteiger partial charge on any atom is -0.448 e. The second-order valence-corrected chi connectivity index (χ2v) is 12.4. The van der Waals surface area contributed by atoms with E-state index in [0.717, 1.165) is 11.1 Å². The number of carbonyl (C=O) groups is 4. The molecule has 2 heterocycles. The zero-order valence-electron chi connectivity index (χ0n) is 23.1. The number of alkyl carbamates (subject to hydrolysis) is 1. The third-order valence-corrected chi connectivity index (χ3v) is 8.18. The molecule has 2 aliphatic rings. The number of carbonyl (C=O) groups excluding carboxylic acids is 4. The van der Waals surface area contributed by atoms with Crippen LogP contribution in [0.2, 0.25) is 0 Å². The number of amides is 3. The van der Waals surface area contributed by atoms with Gasteiger partial charge in [0.1, 0.15) is 22.7 Å². The zero-order valence-corrected chi connectivity index (χ0v) is 24.7. The van der Waals surface area contributed by atoms with Crippen molar-refractivity contribution in [1.82, 2.24) is 15.5 Å². The zero-order chi connectivity index (χ0) is 29.4. The lowest BCUT2D eigenvalue weighted by molar-refractivity contribution is -0.153. The molecule has 4 rings (SSSR count). The number of fused-ring (bicyclic) bond motifs is 1. The van der Waals surface area contributed by atoms with Crippen LogP contribution in [-0.2, 0) is 23.9 Å². The van der Waals surface area contributed by atoms with Gasteiger partial charge < -0.3 is 20.1 Å². The Labute approximate surface area is 248 Å². The average molecular weight is 596 g/mol. The highest BCUT2D eigenvalue weighted by Gasteiger charge is 2.54. The standard InChI is InChI=1S/C30H33N3O6S2/c1-30(2,3)39-29(37)32-23-26(35)33-24(22(18-41-27(23)33)14-16-40-17-15-31-19-34)28(36)38-25(20-10-6-4-7-11-20)21-12-8-5-9-13-21/h4-14,16,19,23,25,27H,15,17-18H2,1-3H3,(H,31,34)(H,32,37)/t23-,27-/m1/s1. The number of ether oxygens (including phenoxy) is 2. The number of rotatable bonds is 11. The van der Waals surface area contributed by atoms with E-state index in [2.05, 4.69) is 10.6 Å². The fourth-order valence-electron chi connectivity index (χ4n) is 4.32. The van der Waals surface area contributed by atoms with Gasteiger partial charge in [-0.05, 0) is 49.0 Å². The van der Waals surface area contributed by atoms with Crippen molar-refractivity contribution in [2.45, 2.75) is 43.9 Å². The van der Waals surface area contributed by atoms with Gasteiger partial charge >= 0.3 is 12.1 Å². The molecule has 11 heteroatoms. The summed E-state index contributed by atoms with van der Waals surface area (Å²) in [7, 11) is 0. The molecule has 1 fully saturated rings. The Bertz CT molecular complexity index is 1270. The van der Waals surface area contributed by atoms with Crippen molar-refractivity contribution in [1.29, 1.82) is 0 Å². The summed E-state index contributed by atoms with van der Waals surface area (Å²) in [5.74, 6) is 0.0253. The molecular weight excluding hydrogens is 562 g/mol. The summed E-state index contributed by atoms with van der Waals surface area (Å²) in [6, 6.07) is 18.0. The third kappa shape index (κ3) is 7.74. The van der Waals surface area contributed by atoms with Crippen LogP contribution in [0.15, 0.2) is 83.4 Å². The topological polar surface area (TPSA) is 114 Å². The summed E-state index contributed by atoms with van der Waals surface area (Å²) >= 11 is 2.92. The molecule has 216 valence electrons. The van der Waals surface area contributed by atoms with Gasteiger partial charge in [0.2, 0.25) is 6.41 Å². The number of nitrogens with one attached hydrogen (secondary N) is 2.